The van der Waals surface area contributed by atoms with Gasteiger partial charge in [0, 0.05) is 24.0 Å². The zero-order valence-corrected chi connectivity index (χ0v) is 11.4. The molecule has 0 aliphatic carbocycles. The van der Waals surface area contributed by atoms with Gasteiger partial charge in [-0.2, -0.15) is 0 Å². The number of aromatic nitrogens is 2. The molecular weight excluding hydrogens is 262 g/mol. The number of aromatic carboxylic acids is 1. The van der Waals surface area contributed by atoms with Crippen LogP contribution in [0.4, 0.5) is 5.82 Å². The summed E-state index contributed by atoms with van der Waals surface area (Å²) in [7, 11) is 0. The zero-order chi connectivity index (χ0) is 13.7. The van der Waals surface area contributed by atoms with Gasteiger partial charge in [0.1, 0.15) is 5.82 Å². The van der Waals surface area contributed by atoms with E-state index in [1.54, 1.807) is 29.0 Å². The maximum Gasteiger partial charge on any atom is 0.335 e. The maximum atomic E-state index is 11.0. The minimum absolute atomic E-state index is 0.267. The number of anilines is 1. The van der Waals surface area contributed by atoms with Crippen LogP contribution in [0.1, 0.15) is 28.7 Å². The van der Waals surface area contributed by atoms with Gasteiger partial charge < -0.3 is 10.4 Å². The number of carbonyl (C=O) groups is 1. The zero-order valence-electron chi connectivity index (χ0n) is 10.6. The molecule has 0 saturated carbocycles. The molecule has 2 N–H and O–H groups in total. The maximum absolute atomic E-state index is 11.0. The second kappa shape index (κ2) is 6.29. The van der Waals surface area contributed by atoms with Crippen LogP contribution < -0.4 is 5.32 Å². The Labute approximate surface area is 115 Å². The Bertz CT molecular complexity index is 555. The number of nitrogens with zero attached hydrogens (tertiary/aromatic N) is 2. The van der Waals surface area contributed by atoms with Crippen LogP contribution in [0.3, 0.4) is 0 Å². The number of rotatable bonds is 6. The van der Waals surface area contributed by atoms with Crippen LogP contribution in [0.15, 0.2) is 23.0 Å². The highest BCUT2D eigenvalue weighted by Gasteiger charge is 2.07. The van der Waals surface area contributed by atoms with Gasteiger partial charge in [-0.3, -0.25) is 0 Å². The number of carboxylic acids is 1. The lowest BCUT2D eigenvalue weighted by Gasteiger charge is -2.07. The van der Waals surface area contributed by atoms with Crippen LogP contribution in [-0.4, -0.2) is 27.6 Å². The Kier molecular flexibility index (Phi) is 4.46. The van der Waals surface area contributed by atoms with Gasteiger partial charge in [-0.15, -0.1) is 11.3 Å². The molecule has 0 bridgehead atoms. The topological polar surface area (TPSA) is 75.1 Å². The third kappa shape index (κ3) is 3.75. The average molecular weight is 277 g/mol. The molecule has 2 aromatic heterocycles. The fourth-order valence-electron chi connectivity index (χ4n) is 1.66. The molecule has 19 heavy (non-hydrogen) atoms. The van der Waals surface area contributed by atoms with Crippen LogP contribution in [0.2, 0.25) is 0 Å². The molecule has 0 unspecified atom stereocenters. The molecule has 6 heteroatoms. The molecule has 0 spiro atoms. The van der Waals surface area contributed by atoms with Crippen LogP contribution in [0.5, 0.6) is 0 Å². The molecule has 0 amide bonds. The average Bonchev–Trinajstić information content (AvgIpc) is 2.91. The van der Waals surface area contributed by atoms with Crippen molar-refractivity contribution in [1.82, 2.24) is 9.97 Å². The number of hydrogen-bond donors (Lipinski definition) is 2. The summed E-state index contributed by atoms with van der Waals surface area (Å²) in [6.07, 6.45) is 1.51. The molecule has 0 fully saturated rings. The Hall–Kier alpha value is -1.95. The molecule has 0 aromatic carbocycles. The molecule has 0 atom stereocenters. The van der Waals surface area contributed by atoms with Gasteiger partial charge in [0.25, 0.3) is 0 Å². The van der Waals surface area contributed by atoms with E-state index in [-0.39, 0.29) is 5.56 Å². The van der Waals surface area contributed by atoms with E-state index in [1.807, 2.05) is 12.3 Å². The number of aryl methyl sites for hydroxylation is 1. The highest BCUT2D eigenvalue weighted by atomic mass is 32.1. The van der Waals surface area contributed by atoms with E-state index in [0.717, 1.165) is 17.8 Å². The van der Waals surface area contributed by atoms with Gasteiger partial charge in [-0.05, 0) is 18.6 Å². The molecule has 0 saturated heterocycles. The van der Waals surface area contributed by atoms with Gasteiger partial charge in [0.15, 0.2) is 0 Å². The summed E-state index contributed by atoms with van der Waals surface area (Å²) in [6, 6.07) is 3.16. The summed E-state index contributed by atoms with van der Waals surface area (Å²) < 4.78 is 0. The van der Waals surface area contributed by atoms with Crippen molar-refractivity contribution in [2.24, 2.45) is 0 Å². The SMILES string of the molecule is CCc1cc(C(=O)O)cc(NCCc2cscn2)n1. The van der Waals surface area contributed by atoms with Crippen molar-refractivity contribution in [3.05, 3.63) is 40.0 Å². The highest BCUT2D eigenvalue weighted by molar-refractivity contribution is 7.07. The normalized spacial score (nSPS) is 10.4. The minimum Gasteiger partial charge on any atom is -0.478 e. The first-order valence-electron chi connectivity index (χ1n) is 6.04. The first-order chi connectivity index (χ1) is 9.19. The van der Waals surface area contributed by atoms with Crippen LogP contribution in [-0.2, 0) is 12.8 Å². The lowest BCUT2D eigenvalue weighted by Crippen LogP contribution is -2.09. The third-order valence-electron chi connectivity index (χ3n) is 2.66. The molecule has 100 valence electrons. The lowest BCUT2D eigenvalue weighted by molar-refractivity contribution is 0.0696. The summed E-state index contributed by atoms with van der Waals surface area (Å²) in [5.41, 5.74) is 3.87. The van der Waals surface area contributed by atoms with Gasteiger partial charge in [-0.1, -0.05) is 6.92 Å². The predicted octanol–water partition coefficient (Wildman–Crippen LogP) is 2.45. The molecular formula is C13H15N3O2S. The van der Waals surface area contributed by atoms with Crippen LogP contribution in [0.25, 0.3) is 0 Å². The summed E-state index contributed by atoms with van der Waals surface area (Å²) >= 11 is 1.57. The van der Waals surface area contributed by atoms with E-state index in [9.17, 15) is 4.79 Å². The molecule has 2 aromatic rings. The van der Waals surface area contributed by atoms with Crippen LogP contribution in [0, 0.1) is 0 Å². The van der Waals surface area contributed by atoms with Gasteiger partial charge in [-0.25, -0.2) is 14.8 Å². The monoisotopic (exact) mass is 277 g/mol. The van der Waals surface area contributed by atoms with Crippen molar-refractivity contribution in [2.45, 2.75) is 19.8 Å². The molecule has 0 aliphatic heterocycles. The van der Waals surface area contributed by atoms with E-state index in [1.165, 1.54) is 0 Å². The molecule has 0 radical (unpaired) electrons. The Balaban J connectivity index is 2.02. The van der Waals surface area contributed by atoms with Crippen molar-refractivity contribution in [3.63, 3.8) is 0 Å². The number of thiazole rings is 1. The first-order valence-corrected chi connectivity index (χ1v) is 6.98. The quantitative estimate of drug-likeness (QED) is 0.848. The number of carboxylic acid groups (broad SMARTS) is 1. The van der Waals surface area contributed by atoms with E-state index in [4.69, 9.17) is 5.11 Å². The summed E-state index contributed by atoms with van der Waals surface area (Å²) in [5, 5.41) is 14.2. The van der Waals surface area contributed by atoms with Gasteiger partial charge in [0.2, 0.25) is 0 Å². The fraction of sp³-hybridized carbons (Fsp3) is 0.308. The van der Waals surface area contributed by atoms with Crippen molar-refractivity contribution in [1.29, 1.82) is 0 Å². The van der Waals surface area contributed by atoms with E-state index in [0.29, 0.717) is 18.8 Å². The van der Waals surface area contributed by atoms with E-state index < -0.39 is 5.97 Å². The Morgan fingerprint density at radius 1 is 1.42 bits per heavy atom. The predicted molar refractivity (Wildman–Crippen MR) is 74.9 cm³/mol. The smallest absolute Gasteiger partial charge is 0.335 e. The third-order valence-corrected chi connectivity index (χ3v) is 3.29. The van der Waals surface area contributed by atoms with Gasteiger partial charge in [0.05, 0.1) is 16.8 Å². The second-order valence-electron chi connectivity index (χ2n) is 4.05. The van der Waals surface area contributed by atoms with E-state index >= 15 is 0 Å². The first kappa shape index (κ1) is 13.5. The molecule has 5 nitrogen and oxygen atoms in total. The second-order valence-corrected chi connectivity index (χ2v) is 4.77. The summed E-state index contributed by atoms with van der Waals surface area (Å²) in [6.45, 7) is 2.63. The van der Waals surface area contributed by atoms with Crippen molar-refractivity contribution < 1.29 is 9.90 Å². The van der Waals surface area contributed by atoms with Crippen molar-refractivity contribution >= 4 is 23.1 Å². The molecule has 2 rings (SSSR count). The van der Waals surface area contributed by atoms with Gasteiger partial charge >= 0.3 is 5.97 Å². The molecule has 0 aliphatic rings. The largest absolute Gasteiger partial charge is 0.478 e. The Morgan fingerprint density at radius 2 is 2.26 bits per heavy atom. The Morgan fingerprint density at radius 3 is 2.89 bits per heavy atom. The number of pyridine rings is 1. The minimum atomic E-state index is -0.931. The standard InChI is InChI=1S/C13H15N3O2S/c1-2-10-5-9(13(17)18)6-12(16-10)14-4-3-11-7-19-8-15-11/h5-8H,2-4H2,1H3,(H,14,16)(H,17,18). The van der Waals surface area contributed by atoms with E-state index in [2.05, 4.69) is 15.3 Å². The lowest BCUT2D eigenvalue weighted by atomic mass is 10.2. The van der Waals surface area contributed by atoms with Crippen molar-refractivity contribution in [2.75, 3.05) is 11.9 Å². The van der Waals surface area contributed by atoms with Crippen LogP contribution >= 0.6 is 11.3 Å². The fourth-order valence-corrected chi connectivity index (χ4v) is 2.26. The molecule has 2 heterocycles. The summed E-state index contributed by atoms with van der Waals surface area (Å²) in [5.74, 6) is -0.327. The summed E-state index contributed by atoms with van der Waals surface area (Å²) in [4.78, 5) is 19.6. The highest BCUT2D eigenvalue weighted by Crippen LogP contribution is 2.12. The number of hydrogen-bond acceptors (Lipinski definition) is 5. The van der Waals surface area contributed by atoms with Crippen molar-refractivity contribution in [3.8, 4) is 0 Å². The number of nitrogens with one attached hydrogen (secondary N) is 1.